The molecule has 1 heterocycles. The third-order valence-corrected chi connectivity index (χ3v) is 5.70. The molecule has 3 aromatic rings. The van der Waals surface area contributed by atoms with Crippen molar-refractivity contribution in [1.29, 1.82) is 0 Å². The molecule has 1 amide bonds. The van der Waals surface area contributed by atoms with Crippen LogP contribution in [0.3, 0.4) is 0 Å². The molecule has 1 aromatic heterocycles. The molecule has 0 bridgehead atoms. The van der Waals surface area contributed by atoms with E-state index < -0.39 is 5.91 Å². The molecule has 0 unspecified atom stereocenters. The summed E-state index contributed by atoms with van der Waals surface area (Å²) in [5.74, 6) is 1.49. The molecule has 31 heavy (non-hydrogen) atoms. The molecule has 9 heteroatoms. The van der Waals surface area contributed by atoms with E-state index in [9.17, 15) is 4.79 Å². The van der Waals surface area contributed by atoms with Crippen molar-refractivity contribution >= 4 is 27.5 Å². The summed E-state index contributed by atoms with van der Waals surface area (Å²) < 4.78 is 30.0. The highest BCUT2D eigenvalue weighted by Crippen LogP contribution is 2.38. The van der Waals surface area contributed by atoms with Gasteiger partial charge in [-0.2, -0.15) is 4.99 Å². The van der Waals surface area contributed by atoms with Crippen molar-refractivity contribution in [2.45, 2.75) is 13.5 Å². The van der Waals surface area contributed by atoms with Crippen molar-refractivity contribution < 1.29 is 28.5 Å². The lowest BCUT2D eigenvalue weighted by Crippen LogP contribution is -2.20. The van der Waals surface area contributed by atoms with Gasteiger partial charge in [0.15, 0.2) is 16.3 Å². The Morgan fingerprint density at radius 2 is 1.68 bits per heavy atom. The van der Waals surface area contributed by atoms with E-state index in [0.29, 0.717) is 53.1 Å². The number of hydrogen-bond acceptors (Lipinski definition) is 7. The number of methoxy groups -OCH3 is 4. The van der Waals surface area contributed by atoms with Gasteiger partial charge in [-0.05, 0) is 31.2 Å². The molecule has 8 nitrogen and oxygen atoms in total. The number of carbonyl (C=O) groups is 1. The molecule has 0 fully saturated rings. The van der Waals surface area contributed by atoms with Crippen LogP contribution >= 0.6 is 11.3 Å². The fourth-order valence-electron chi connectivity index (χ4n) is 3.21. The maximum Gasteiger partial charge on any atom is 0.279 e. The average Bonchev–Trinajstić information content (AvgIpc) is 3.15. The van der Waals surface area contributed by atoms with Crippen LogP contribution in [0, 0.1) is 0 Å². The molecule has 0 saturated heterocycles. The van der Waals surface area contributed by atoms with E-state index in [1.165, 1.54) is 32.7 Å². The molecule has 0 aliphatic heterocycles. The zero-order valence-corrected chi connectivity index (χ0v) is 19.1. The maximum absolute atomic E-state index is 13.1. The topological polar surface area (TPSA) is 80.5 Å². The Morgan fingerprint density at radius 3 is 2.26 bits per heavy atom. The number of ether oxygens (including phenoxy) is 5. The van der Waals surface area contributed by atoms with Crippen molar-refractivity contribution in [3.63, 3.8) is 0 Å². The lowest BCUT2D eigenvalue weighted by molar-refractivity contribution is 0.0995. The molecule has 166 valence electrons. The van der Waals surface area contributed by atoms with Gasteiger partial charge in [-0.3, -0.25) is 4.79 Å². The van der Waals surface area contributed by atoms with Crippen LogP contribution in [0.2, 0.25) is 0 Å². The summed E-state index contributed by atoms with van der Waals surface area (Å²) in [4.78, 5) is 18.0. The fraction of sp³-hybridized carbons (Fsp3) is 0.364. The highest BCUT2D eigenvalue weighted by atomic mass is 32.1. The van der Waals surface area contributed by atoms with Gasteiger partial charge in [0.25, 0.3) is 5.91 Å². The second kappa shape index (κ2) is 10.3. The Labute approximate surface area is 184 Å². The number of aromatic nitrogens is 1. The van der Waals surface area contributed by atoms with Gasteiger partial charge in [0.05, 0.1) is 39.7 Å². The van der Waals surface area contributed by atoms with E-state index in [0.717, 1.165) is 10.2 Å². The number of rotatable bonds is 9. The van der Waals surface area contributed by atoms with Crippen molar-refractivity contribution in [3.05, 3.63) is 40.7 Å². The van der Waals surface area contributed by atoms with Gasteiger partial charge in [0.1, 0.15) is 11.3 Å². The summed E-state index contributed by atoms with van der Waals surface area (Å²) >= 11 is 1.41. The molecular weight excluding hydrogens is 420 g/mol. The van der Waals surface area contributed by atoms with E-state index in [1.54, 1.807) is 19.2 Å². The van der Waals surface area contributed by atoms with E-state index in [2.05, 4.69) is 4.99 Å². The smallest absolute Gasteiger partial charge is 0.279 e. The highest BCUT2D eigenvalue weighted by Gasteiger charge is 2.18. The van der Waals surface area contributed by atoms with E-state index >= 15 is 0 Å². The average molecular weight is 447 g/mol. The minimum atomic E-state index is -0.421. The molecule has 0 atom stereocenters. The van der Waals surface area contributed by atoms with Crippen LogP contribution in [0.15, 0.2) is 35.3 Å². The Balaban J connectivity index is 2.13. The molecule has 3 rings (SSSR count). The summed E-state index contributed by atoms with van der Waals surface area (Å²) in [6.07, 6.45) is 0. The number of para-hydroxylation sites is 1. The number of nitrogens with zero attached hydrogens (tertiary/aromatic N) is 2. The van der Waals surface area contributed by atoms with Crippen molar-refractivity contribution in [3.8, 4) is 23.0 Å². The number of thiazole rings is 1. The third-order valence-electron chi connectivity index (χ3n) is 4.66. The van der Waals surface area contributed by atoms with Crippen LogP contribution in [-0.4, -0.2) is 52.1 Å². The Hall–Kier alpha value is -3.04. The molecule has 0 aliphatic carbocycles. The molecule has 0 radical (unpaired) electrons. The van der Waals surface area contributed by atoms with Crippen molar-refractivity contribution in [2.75, 3.05) is 41.7 Å². The first-order chi connectivity index (χ1) is 15.1. The van der Waals surface area contributed by atoms with Crippen molar-refractivity contribution in [2.24, 2.45) is 4.99 Å². The van der Waals surface area contributed by atoms with Gasteiger partial charge in [-0.25, -0.2) is 0 Å². The lowest BCUT2D eigenvalue weighted by atomic mass is 10.1. The minimum Gasteiger partial charge on any atom is -0.495 e. The first-order valence-corrected chi connectivity index (χ1v) is 10.5. The number of benzene rings is 2. The van der Waals surface area contributed by atoms with Crippen LogP contribution in [0.25, 0.3) is 10.2 Å². The third kappa shape index (κ3) is 4.67. The second-order valence-electron chi connectivity index (χ2n) is 6.37. The summed E-state index contributed by atoms with van der Waals surface area (Å²) in [5, 5.41) is 0. The largest absolute Gasteiger partial charge is 0.495 e. The van der Waals surface area contributed by atoms with Gasteiger partial charge in [-0.1, -0.05) is 17.4 Å². The Bertz CT molecular complexity index is 1110. The van der Waals surface area contributed by atoms with Crippen LogP contribution in [-0.2, 0) is 11.3 Å². The predicted molar refractivity (Wildman–Crippen MR) is 119 cm³/mol. The monoisotopic (exact) mass is 446 g/mol. The van der Waals surface area contributed by atoms with Gasteiger partial charge < -0.3 is 28.3 Å². The van der Waals surface area contributed by atoms with Gasteiger partial charge in [0.2, 0.25) is 5.75 Å². The zero-order valence-electron chi connectivity index (χ0n) is 18.3. The number of amides is 1. The fourth-order valence-corrected chi connectivity index (χ4v) is 4.28. The highest BCUT2D eigenvalue weighted by molar-refractivity contribution is 7.16. The number of hydrogen-bond donors (Lipinski definition) is 0. The Kier molecular flexibility index (Phi) is 7.54. The molecule has 0 aliphatic rings. The van der Waals surface area contributed by atoms with E-state index in [4.69, 9.17) is 23.7 Å². The number of carbonyl (C=O) groups excluding carboxylic acids is 1. The van der Waals surface area contributed by atoms with Crippen LogP contribution in [0.1, 0.15) is 17.3 Å². The number of fused-ring (bicyclic) bond motifs is 1. The summed E-state index contributed by atoms with van der Waals surface area (Å²) in [6.45, 7) is 3.58. The molecule has 2 aromatic carbocycles. The normalized spacial score (nSPS) is 11.6. The quantitative estimate of drug-likeness (QED) is 0.468. The van der Waals surface area contributed by atoms with Gasteiger partial charge in [0, 0.05) is 18.7 Å². The predicted octanol–water partition coefficient (Wildman–Crippen LogP) is 3.51. The first kappa shape index (κ1) is 22.6. The minimum absolute atomic E-state index is 0.329. The summed E-state index contributed by atoms with van der Waals surface area (Å²) in [7, 11) is 6.14. The molecule has 0 spiro atoms. The summed E-state index contributed by atoms with van der Waals surface area (Å²) in [6, 6.07) is 8.95. The van der Waals surface area contributed by atoms with E-state index in [-0.39, 0.29) is 0 Å². The Morgan fingerprint density at radius 1 is 1.00 bits per heavy atom. The molecular formula is C22H26N2O6S. The van der Waals surface area contributed by atoms with Crippen LogP contribution < -0.4 is 23.7 Å². The molecule has 0 N–H and O–H groups in total. The second-order valence-corrected chi connectivity index (χ2v) is 7.38. The van der Waals surface area contributed by atoms with Crippen LogP contribution in [0.5, 0.6) is 23.0 Å². The summed E-state index contributed by atoms with van der Waals surface area (Å²) in [5.41, 5.74) is 1.21. The molecule has 0 saturated carbocycles. The van der Waals surface area contributed by atoms with Gasteiger partial charge >= 0.3 is 0 Å². The van der Waals surface area contributed by atoms with Crippen molar-refractivity contribution in [1.82, 2.24) is 4.57 Å². The van der Waals surface area contributed by atoms with Gasteiger partial charge in [-0.15, -0.1) is 0 Å². The standard InChI is InChI=1S/C22H26N2O6S/c1-6-30-11-10-24-19-15(26-2)8-7-9-18(19)31-22(24)23-21(25)14-12-16(27-3)20(29-5)17(13-14)28-4/h7-9,12-13H,6,10-11H2,1-5H3. The maximum atomic E-state index is 13.1. The van der Waals surface area contributed by atoms with Crippen LogP contribution in [0.4, 0.5) is 0 Å². The zero-order chi connectivity index (χ0) is 22.4. The lowest BCUT2D eigenvalue weighted by Gasteiger charge is -2.13. The SMILES string of the molecule is CCOCCn1c(=NC(=O)c2cc(OC)c(OC)c(OC)c2)sc2cccc(OC)c21. The van der Waals surface area contributed by atoms with E-state index in [1.807, 2.05) is 29.7 Å². The first-order valence-electron chi connectivity index (χ1n) is 9.71.